The van der Waals surface area contributed by atoms with Gasteiger partial charge in [-0.25, -0.2) is 5.43 Å². The molecule has 0 heterocycles. The van der Waals surface area contributed by atoms with Crippen LogP contribution in [0.2, 0.25) is 5.02 Å². The standard InChI is InChI=1S/C12H19ClN2O2/c1-3-16-12(17-4-2)11(15-14)9-5-7-10(13)8-6-9/h5-8,11-12,15H,3-4,14H2,1-2H3. The Morgan fingerprint density at radius 1 is 1.18 bits per heavy atom. The highest BCUT2D eigenvalue weighted by Crippen LogP contribution is 2.21. The third kappa shape index (κ3) is 4.26. The van der Waals surface area contributed by atoms with Crippen molar-refractivity contribution in [2.45, 2.75) is 26.2 Å². The molecule has 1 aromatic carbocycles. The number of benzene rings is 1. The largest absolute Gasteiger partial charge is 0.351 e. The van der Waals surface area contributed by atoms with Crippen LogP contribution in [0.5, 0.6) is 0 Å². The van der Waals surface area contributed by atoms with Crippen LogP contribution in [0.25, 0.3) is 0 Å². The Morgan fingerprint density at radius 3 is 2.12 bits per heavy atom. The van der Waals surface area contributed by atoms with Gasteiger partial charge in [0.05, 0.1) is 6.04 Å². The predicted molar refractivity (Wildman–Crippen MR) is 68.6 cm³/mol. The van der Waals surface area contributed by atoms with E-state index in [1.165, 1.54) is 0 Å². The van der Waals surface area contributed by atoms with Crippen LogP contribution in [-0.2, 0) is 9.47 Å². The molecule has 1 unspecified atom stereocenters. The highest BCUT2D eigenvalue weighted by atomic mass is 35.5. The molecule has 0 aliphatic carbocycles. The van der Waals surface area contributed by atoms with E-state index in [1.807, 2.05) is 38.1 Å². The number of ether oxygens (including phenoxy) is 2. The average Bonchev–Trinajstić information content (AvgIpc) is 2.33. The van der Waals surface area contributed by atoms with Crippen molar-refractivity contribution in [3.05, 3.63) is 34.9 Å². The molecule has 1 rings (SSSR count). The summed E-state index contributed by atoms with van der Waals surface area (Å²) < 4.78 is 11.0. The number of nitrogens with one attached hydrogen (secondary N) is 1. The molecule has 0 bridgehead atoms. The monoisotopic (exact) mass is 258 g/mol. The molecule has 3 N–H and O–H groups in total. The maximum absolute atomic E-state index is 5.85. The molecule has 0 aliphatic heterocycles. The van der Waals surface area contributed by atoms with Crippen LogP contribution in [-0.4, -0.2) is 19.5 Å². The number of hydrogen-bond donors (Lipinski definition) is 2. The zero-order chi connectivity index (χ0) is 12.7. The van der Waals surface area contributed by atoms with E-state index in [0.29, 0.717) is 18.2 Å². The van der Waals surface area contributed by atoms with E-state index in [9.17, 15) is 0 Å². The molecule has 0 saturated carbocycles. The first-order valence-electron chi connectivity index (χ1n) is 5.67. The molecule has 0 fully saturated rings. The second-order valence-corrected chi connectivity index (χ2v) is 3.91. The minimum atomic E-state index is -0.406. The van der Waals surface area contributed by atoms with Gasteiger partial charge in [0.15, 0.2) is 6.29 Å². The van der Waals surface area contributed by atoms with Crippen molar-refractivity contribution in [2.75, 3.05) is 13.2 Å². The Hall–Kier alpha value is -0.650. The highest BCUT2D eigenvalue weighted by Gasteiger charge is 2.22. The minimum Gasteiger partial charge on any atom is -0.351 e. The van der Waals surface area contributed by atoms with E-state index in [4.69, 9.17) is 26.9 Å². The van der Waals surface area contributed by atoms with E-state index in [-0.39, 0.29) is 6.04 Å². The van der Waals surface area contributed by atoms with E-state index >= 15 is 0 Å². The Morgan fingerprint density at radius 2 is 1.71 bits per heavy atom. The second-order valence-electron chi connectivity index (χ2n) is 3.47. The Bertz CT molecular complexity index is 313. The normalized spacial score (nSPS) is 13.0. The molecule has 0 radical (unpaired) electrons. The van der Waals surface area contributed by atoms with Gasteiger partial charge >= 0.3 is 0 Å². The lowest BCUT2D eigenvalue weighted by Gasteiger charge is -2.26. The van der Waals surface area contributed by atoms with Crippen molar-refractivity contribution >= 4 is 11.6 Å². The molecule has 0 saturated heterocycles. The second kappa shape index (κ2) is 7.63. The van der Waals surface area contributed by atoms with E-state index in [2.05, 4.69) is 5.43 Å². The third-order valence-corrected chi connectivity index (χ3v) is 2.59. The Balaban J connectivity index is 2.83. The lowest BCUT2D eigenvalue weighted by molar-refractivity contribution is -0.155. The summed E-state index contributed by atoms with van der Waals surface area (Å²) in [7, 11) is 0. The van der Waals surface area contributed by atoms with Gasteiger partial charge in [0.1, 0.15) is 0 Å². The lowest BCUT2D eigenvalue weighted by atomic mass is 10.1. The number of rotatable bonds is 7. The zero-order valence-electron chi connectivity index (χ0n) is 10.2. The van der Waals surface area contributed by atoms with E-state index in [0.717, 1.165) is 5.56 Å². The number of hydrazine groups is 1. The van der Waals surface area contributed by atoms with Crippen LogP contribution in [0, 0.1) is 0 Å². The van der Waals surface area contributed by atoms with E-state index < -0.39 is 6.29 Å². The number of nitrogens with two attached hydrogens (primary N) is 1. The molecular weight excluding hydrogens is 240 g/mol. The fraction of sp³-hybridized carbons (Fsp3) is 0.500. The zero-order valence-corrected chi connectivity index (χ0v) is 10.9. The molecular formula is C12H19ClN2O2. The lowest BCUT2D eigenvalue weighted by Crippen LogP contribution is -2.39. The van der Waals surface area contributed by atoms with Crippen molar-refractivity contribution in [2.24, 2.45) is 5.84 Å². The highest BCUT2D eigenvalue weighted by molar-refractivity contribution is 6.30. The summed E-state index contributed by atoms with van der Waals surface area (Å²) in [6.07, 6.45) is -0.406. The van der Waals surface area contributed by atoms with Gasteiger partial charge in [-0.15, -0.1) is 0 Å². The molecule has 5 heteroatoms. The van der Waals surface area contributed by atoms with E-state index in [1.54, 1.807) is 0 Å². The molecule has 0 amide bonds. The van der Waals surface area contributed by atoms with Crippen molar-refractivity contribution < 1.29 is 9.47 Å². The first-order chi connectivity index (χ1) is 8.22. The van der Waals surface area contributed by atoms with Gasteiger partial charge in [0.25, 0.3) is 0 Å². The van der Waals surface area contributed by atoms with Crippen molar-refractivity contribution in [3.8, 4) is 0 Å². The first-order valence-corrected chi connectivity index (χ1v) is 6.05. The van der Waals surface area contributed by atoms with Gasteiger partial charge < -0.3 is 9.47 Å². The summed E-state index contributed by atoms with van der Waals surface area (Å²) in [5.41, 5.74) is 3.69. The van der Waals surface area contributed by atoms with Gasteiger partial charge in [-0.05, 0) is 31.5 Å². The van der Waals surface area contributed by atoms with Crippen LogP contribution in [0.4, 0.5) is 0 Å². The SMILES string of the molecule is CCOC(OCC)C(NN)c1ccc(Cl)cc1. The first kappa shape index (κ1) is 14.4. The molecule has 17 heavy (non-hydrogen) atoms. The summed E-state index contributed by atoms with van der Waals surface area (Å²) in [4.78, 5) is 0. The smallest absolute Gasteiger partial charge is 0.178 e. The predicted octanol–water partition coefficient (Wildman–Crippen LogP) is 2.24. The topological polar surface area (TPSA) is 56.5 Å². The summed E-state index contributed by atoms with van der Waals surface area (Å²) >= 11 is 5.85. The fourth-order valence-corrected chi connectivity index (χ4v) is 1.70. The molecule has 0 aromatic heterocycles. The summed E-state index contributed by atoms with van der Waals surface area (Å²) in [5, 5.41) is 0.689. The van der Waals surface area contributed by atoms with Gasteiger partial charge in [-0.1, -0.05) is 23.7 Å². The van der Waals surface area contributed by atoms with Crippen molar-refractivity contribution in [3.63, 3.8) is 0 Å². The van der Waals surface area contributed by atoms with Gasteiger partial charge in [0.2, 0.25) is 0 Å². The maximum atomic E-state index is 5.85. The molecule has 1 aromatic rings. The summed E-state index contributed by atoms with van der Waals surface area (Å²) in [5.74, 6) is 5.56. The summed E-state index contributed by atoms with van der Waals surface area (Å²) in [6, 6.07) is 7.22. The average molecular weight is 259 g/mol. The van der Waals surface area contributed by atoms with Crippen molar-refractivity contribution in [1.29, 1.82) is 0 Å². The van der Waals surface area contributed by atoms with Crippen LogP contribution in [0.3, 0.4) is 0 Å². The number of hydrogen-bond acceptors (Lipinski definition) is 4. The maximum Gasteiger partial charge on any atom is 0.178 e. The Labute approximate surface area is 107 Å². The quantitative estimate of drug-likeness (QED) is 0.447. The molecule has 1 atom stereocenters. The van der Waals surface area contributed by atoms with Crippen LogP contribution >= 0.6 is 11.6 Å². The van der Waals surface area contributed by atoms with Gasteiger partial charge in [0, 0.05) is 18.2 Å². The minimum absolute atomic E-state index is 0.216. The van der Waals surface area contributed by atoms with Crippen LogP contribution in [0.15, 0.2) is 24.3 Å². The molecule has 96 valence electrons. The molecule has 0 spiro atoms. The molecule has 4 nitrogen and oxygen atoms in total. The van der Waals surface area contributed by atoms with Crippen molar-refractivity contribution in [1.82, 2.24) is 5.43 Å². The van der Waals surface area contributed by atoms with Crippen LogP contribution in [0.1, 0.15) is 25.5 Å². The Kier molecular flexibility index (Phi) is 6.47. The number of halogens is 1. The molecule has 0 aliphatic rings. The van der Waals surface area contributed by atoms with Gasteiger partial charge in [-0.3, -0.25) is 5.84 Å². The van der Waals surface area contributed by atoms with Crippen LogP contribution < -0.4 is 11.3 Å². The van der Waals surface area contributed by atoms with Gasteiger partial charge in [-0.2, -0.15) is 0 Å². The third-order valence-electron chi connectivity index (χ3n) is 2.34. The fourth-order valence-electron chi connectivity index (χ4n) is 1.57. The summed E-state index contributed by atoms with van der Waals surface area (Å²) in [6.45, 7) is 4.97.